The Bertz CT molecular complexity index is 1000. The minimum absolute atomic E-state index is 0.0743. The summed E-state index contributed by atoms with van der Waals surface area (Å²) < 4.78 is 0. The fourth-order valence-electron chi connectivity index (χ4n) is 4.20. The highest BCUT2D eigenvalue weighted by Gasteiger charge is 2.23. The maximum absolute atomic E-state index is 13.4. The van der Waals surface area contributed by atoms with E-state index in [1.54, 1.807) is 24.5 Å². The van der Waals surface area contributed by atoms with Crippen molar-refractivity contribution in [3.63, 3.8) is 0 Å². The van der Waals surface area contributed by atoms with Crippen molar-refractivity contribution in [2.24, 2.45) is 5.92 Å². The Labute approximate surface area is 184 Å². The van der Waals surface area contributed by atoms with Gasteiger partial charge in [-0.05, 0) is 48.1 Å². The highest BCUT2D eigenvalue weighted by molar-refractivity contribution is 6.08. The standard InChI is InChI=1S/C26H30N4O/c1-19(2)15-23-18-30(14-13-28-23)24-11-10-21(16-20-7-4-3-5-8-20)25(29-24)26(31)22-9-6-12-27-17-22/h3-12,17,19,23,28H,13-16,18H2,1-2H3/t23-/m0/s1. The van der Waals surface area contributed by atoms with Crippen molar-refractivity contribution in [3.8, 4) is 0 Å². The molecule has 4 rings (SSSR count). The fraction of sp³-hybridized carbons (Fsp3) is 0.346. The van der Waals surface area contributed by atoms with Crippen molar-refractivity contribution in [2.75, 3.05) is 24.5 Å². The average Bonchev–Trinajstić information content (AvgIpc) is 2.80. The average molecular weight is 415 g/mol. The van der Waals surface area contributed by atoms with Gasteiger partial charge in [0.1, 0.15) is 11.5 Å². The van der Waals surface area contributed by atoms with Crippen molar-refractivity contribution >= 4 is 11.6 Å². The maximum atomic E-state index is 13.4. The number of anilines is 1. The first-order valence-electron chi connectivity index (χ1n) is 11.1. The van der Waals surface area contributed by atoms with Gasteiger partial charge in [0.2, 0.25) is 5.78 Å². The number of hydrogen-bond donors (Lipinski definition) is 1. The first-order valence-corrected chi connectivity index (χ1v) is 11.1. The van der Waals surface area contributed by atoms with Crippen LogP contribution >= 0.6 is 0 Å². The number of nitrogens with zero attached hydrogens (tertiary/aromatic N) is 3. The van der Waals surface area contributed by atoms with Gasteiger partial charge in [-0.3, -0.25) is 9.78 Å². The van der Waals surface area contributed by atoms with Crippen LogP contribution < -0.4 is 10.2 Å². The summed E-state index contributed by atoms with van der Waals surface area (Å²) in [5, 5.41) is 3.61. The van der Waals surface area contributed by atoms with Crippen LogP contribution in [-0.4, -0.2) is 41.4 Å². The van der Waals surface area contributed by atoms with Gasteiger partial charge in [0.15, 0.2) is 0 Å². The lowest BCUT2D eigenvalue weighted by Gasteiger charge is -2.35. The highest BCUT2D eigenvalue weighted by Crippen LogP contribution is 2.22. The van der Waals surface area contributed by atoms with Crippen LogP contribution in [0.4, 0.5) is 5.82 Å². The summed E-state index contributed by atoms with van der Waals surface area (Å²) in [6.07, 6.45) is 5.10. The number of carbonyl (C=O) groups excluding carboxylic acids is 1. The van der Waals surface area contributed by atoms with Gasteiger partial charge in [0.05, 0.1) is 0 Å². The second-order valence-corrected chi connectivity index (χ2v) is 8.64. The molecule has 1 aliphatic rings. The van der Waals surface area contributed by atoms with E-state index in [0.717, 1.165) is 43.0 Å². The summed E-state index contributed by atoms with van der Waals surface area (Å²) in [4.78, 5) is 24.7. The smallest absolute Gasteiger partial charge is 0.213 e. The largest absolute Gasteiger partial charge is 0.354 e. The van der Waals surface area contributed by atoms with Crippen LogP contribution in [-0.2, 0) is 6.42 Å². The maximum Gasteiger partial charge on any atom is 0.213 e. The third-order valence-electron chi connectivity index (χ3n) is 5.68. The molecular weight excluding hydrogens is 384 g/mol. The van der Waals surface area contributed by atoms with E-state index in [1.807, 2.05) is 18.2 Å². The second kappa shape index (κ2) is 9.84. The summed E-state index contributed by atoms with van der Waals surface area (Å²) in [6.45, 7) is 7.23. The first-order chi connectivity index (χ1) is 15.1. The summed E-state index contributed by atoms with van der Waals surface area (Å²) >= 11 is 0. The van der Waals surface area contributed by atoms with Crippen LogP contribution in [0.5, 0.6) is 0 Å². The number of carbonyl (C=O) groups is 1. The molecule has 31 heavy (non-hydrogen) atoms. The Kier molecular flexibility index (Phi) is 6.73. The van der Waals surface area contributed by atoms with Gasteiger partial charge in [-0.25, -0.2) is 4.98 Å². The monoisotopic (exact) mass is 414 g/mol. The van der Waals surface area contributed by atoms with E-state index in [4.69, 9.17) is 4.98 Å². The van der Waals surface area contributed by atoms with E-state index in [0.29, 0.717) is 29.6 Å². The molecule has 2 aromatic heterocycles. The molecule has 1 N–H and O–H groups in total. The van der Waals surface area contributed by atoms with Crippen molar-refractivity contribution in [2.45, 2.75) is 32.7 Å². The van der Waals surface area contributed by atoms with Crippen LogP contribution in [0.2, 0.25) is 0 Å². The molecule has 3 aromatic rings. The third kappa shape index (κ3) is 5.36. The Morgan fingerprint density at radius 1 is 1.13 bits per heavy atom. The van der Waals surface area contributed by atoms with E-state index in [2.05, 4.69) is 53.3 Å². The van der Waals surface area contributed by atoms with Gasteiger partial charge in [-0.15, -0.1) is 0 Å². The molecule has 1 fully saturated rings. The number of ketones is 1. The molecule has 5 nitrogen and oxygen atoms in total. The fourth-order valence-corrected chi connectivity index (χ4v) is 4.20. The molecule has 0 amide bonds. The SMILES string of the molecule is CC(C)C[C@H]1CN(c2ccc(Cc3ccccc3)c(C(=O)c3cccnc3)n2)CCN1. The van der Waals surface area contributed by atoms with Gasteiger partial charge >= 0.3 is 0 Å². The van der Waals surface area contributed by atoms with E-state index < -0.39 is 0 Å². The number of piperazine rings is 1. The molecule has 1 aromatic carbocycles. The van der Waals surface area contributed by atoms with Crippen LogP contribution in [0.1, 0.15) is 47.4 Å². The van der Waals surface area contributed by atoms with Gasteiger partial charge in [-0.1, -0.05) is 50.2 Å². The molecule has 0 unspecified atom stereocenters. The minimum atomic E-state index is -0.0743. The third-order valence-corrected chi connectivity index (χ3v) is 5.68. The summed E-state index contributed by atoms with van der Waals surface area (Å²) in [7, 11) is 0. The van der Waals surface area contributed by atoms with Crippen LogP contribution in [0, 0.1) is 5.92 Å². The lowest BCUT2D eigenvalue weighted by Crippen LogP contribution is -2.51. The first kappa shape index (κ1) is 21.2. The zero-order valence-corrected chi connectivity index (χ0v) is 18.3. The molecular formula is C26H30N4O. The number of rotatable bonds is 7. The van der Waals surface area contributed by atoms with Crippen LogP contribution in [0.15, 0.2) is 67.0 Å². The molecule has 1 saturated heterocycles. The molecule has 0 bridgehead atoms. The summed E-state index contributed by atoms with van der Waals surface area (Å²) in [6, 6.07) is 18.4. The number of benzene rings is 1. The van der Waals surface area contributed by atoms with Crippen LogP contribution in [0.3, 0.4) is 0 Å². The second-order valence-electron chi connectivity index (χ2n) is 8.64. The topological polar surface area (TPSA) is 58.1 Å². The van der Waals surface area contributed by atoms with Crippen molar-refractivity contribution in [1.82, 2.24) is 15.3 Å². The molecule has 1 aliphatic heterocycles. The molecule has 160 valence electrons. The lowest BCUT2D eigenvalue weighted by molar-refractivity contribution is 0.103. The molecule has 0 radical (unpaired) electrons. The predicted molar refractivity (Wildman–Crippen MR) is 125 cm³/mol. The van der Waals surface area contributed by atoms with Crippen molar-refractivity contribution in [1.29, 1.82) is 0 Å². The number of nitrogens with one attached hydrogen (secondary N) is 1. The van der Waals surface area contributed by atoms with Gasteiger partial charge in [0, 0.05) is 43.6 Å². The minimum Gasteiger partial charge on any atom is -0.354 e. The Hall–Kier alpha value is -3.05. The quantitative estimate of drug-likeness (QED) is 0.589. The van der Waals surface area contributed by atoms with Gasteiger partial charge in [0.25, 0.3) is 0 Å². The Morgan fingerprint density at radius 3 is 2.71 bits per heavy atom. The van der Waals surface area contributed by atoms with Crippen molar-refractivity contribution in [3.05, 3.63) is 89.4 Å². The summed E-state index contributed by atoms with van der Waals surface area (Å²) in [5.41, 5.74) is 3.20. The van der Waals surface area contributed by atoms with E-state index in [-0.39, 0.29) is 5.78 Å². The number of pyridine rings is 2. The number of hydrogen-bond acceptors (Lipinski definition) is 5. The Balaban J connectivity index is 1.66. The van der Waals surface area contributed by atoms with E-state index in [9.17, 15) is 4.79 Å². The molecule has 0 aliphatic carbocycles. The van der Waals surface area contributed by atoms with Gasteiger partial charge in [-0.2, -0.15) is 0 Å². The predicted octanol–water partition coefficient (Wildman–Crippen LogP) is 4.12. The highest BCUT2D eigenvalue weighted by atomic mass is 16.1. The lowest BCUT2D eigenvalue weighted by atomic mass is 9.98. The number of aromatic nitrogens is 2. The summed E-state index contributed by atoms with van der Waals surface area (Å²) in [5.74, 6) is 1.44. The normalized spacial score (nSPS) is 16.5. The molecule has 5 heteroatoms. The molecule has 3 heterocycles. The van der Waals surface area contributed by atoms with E-state index >= 15 is 0 Å². The Morgan fingerprint density at radius 2 is 1.97 bits per heavy atom. The van der Waals surface area contributed by atoms with Gasteiger partial charge < -0.3 is 10.2 Å². The zero-order chi connectivity index (χ0) is 21.6. The van der Waals surface area contributed by atoms with Crippen molar-refractivity contribution < 1.29 is 4.79 Å². The van der Waals surface area contributed by atoms with Crippen LogP contribution in [0.25, 0.3) is 0 Å². The van der Waals surface area contributed by atoms with E-state index in [1.165, 1.54) is 0 Å². The molecule has 0 spiro atoms. The zero-order valence-electron chi connectivity index (χ0n) is 18.3. The molecule has 1 atom stereocenters. The molecule has 0 saturated carbocycles.